The van der Waals surface area contributed by atoms with Crippen LogP contribution in [0.3, 0.4) is 0 Å². The largest absolute Gasteiger partial charge is 0.456 e. The maximum absolute atomic E-state index is 12.2. The van der Waals surface area contributed by atoms with Crippen LogP contribution in [0, 0.1) is 11.8 Å². The molecule has 0 N–H and O–H groups in total. The van der Waals surface area contributed by atoms with E-state index in [2.05, 4.69) is 37.5 Å². The fourth-order valence-electron chi connectivity index (χ4n) is 9.85. The highest BCUT2D eigenvalue weighted by Gasteiger charge is 2.34. The van der Waals surface area contributed by atoms with Crippen LogP contribution in [-0.4, -0.2) is 23.1 Å². The molecule has 0 rings (SSSR count). The van der Waals surface area contributed by atoms with Gasteiger partial charge in [0.2, 0.25) is 0 Å². The molecule has 0 heterocycles. The highest BCUT2D eigenvalue weighted by atomic mass is 17.5. The fraction of sp³-hybridized carbons (Fsp3) is 0.966. The van der Waals surface area contributed by atoms with Crippen molar-refractivity contribution in [1.82, 2.24) is 0 Å². The Hall–Kier alpha value is -1.22. The van der Waals surface area contributed by atoms with Crippen LogP contribution in [0.2, 0.25) is 0 Å². The zero-order chi connectivity index (χ0) is 48.7. The molecule has 0 aliphatic carbocycles. The van der Waals surface area contributed by atoms with Gasteiger partial charge in [0.25, 0.3) is 0 Å². The van der Waals surface area contributed by atoms with Gasteiger partial charge in [0.1, 0.15) is 11.2 Å². The maximum atomic E-state index is 12.2. The molecule has 0 saturated heterocycles. The molecule has 0 aromatic rings. The van der Waals surface area contributed by atoms with Crippen LogP contribution >= 0.6 is 0 Å². The van der Waals surface area contributed by atoms with Crippen molar-refractivity contribution in [2.45, 2.75) is 349 Å². The highest BCUT2D eigenvalue weighted by molar-refractivity contribution is 6.29. The first-order valence-corrected chi connectivity index (χ1v) is 29.2. The quantitative estimate of drug-likeness (QED) is 0.0258. The van der Waals surface area contributed by atoms with Gasteiger partial charge in [0, 0.05) is 0 Å². The lowest BCUT2D eigenvalue weighted by atomic mass is 9.84. The summed E-state index contributed by atoms with van der Waals surface area (Å²) in [6.45, 7) is 16.5. The topological polar surface area (TPSA) is 89.5 Å². The molecule has 0 aliphatic heterocycles. The van der Waals surface area contributed by atoms with Crippen LogP contribution in [0.15, 0.2) is 0 Å². The molecule has 0 radical (unpaired) electrons. The van der Waals surface area contributed by atoms with Gasteiger partial charge in [0.15, 0.2) is 0 Å². The molecule has 66 heavy (non-hydrogen) atoms. The second-order valence-corrected chi connectivity index (χ2v) is 21.5. The number of carbonyl (C=O) groups excluding carboxylic acids is 2. The average molecular weight is 940 g/mol. The molecule has 0 saturated carbocycles. The molecule has 8 heteroatoms. The van der Waals surface area contributed by atoms with Crippen LogP contribution < -0.4 is 0 Å². The molecule has 0 bridgehead atoms. The van der Waals surface area contributed by atoms with Gasteiger partial charge < -0.3 is 0 Å². The molecular weight excluding hydrogens is 825 g/mol. The Bertz CT molecular complexity index is 951. The van der Waals surface area contributed by atoms with Gasteiger partial charge in [0.05, 0.1) is 0 Å². The zero-order valence-electron chi connectivity index (χ0n) is 45.5. The minimum atomic E-state index is -1.38. The summed E-state index contributed by atoms with van der Waals surface area (Å²) < 4.78 is 0. The number of hydrogen-bond acceptors (Lipinski definition) is 8. The zero-order valence-corrected chi connectivity index (χ0v) is 45.5. The van der Waals surface area contributed by atoms with Crippen molar-refractivity contribution in [1.29, 1.82) is 0 Å². The van der Waals surface area contributed by atoms with Crippen LogP contribution in [0.1, 0.15) is 338 Å². The lowest BCUT2D eigenvalue weighted by molar-refractivity contribution is -0.530. The van der Waals surface area contributed by atoms with Gasteiger partial charge >= 0.3 is 11.9 Å². The van der Waals surface area contributed by atoms with Crippen molar-refractivity contribution in [2.75, 3.05) is 0 Å². The Morgan fingerprint density at radius 2 is 0.485 bits per heavy atom. The average Bonchev–Trinajstić information content (AvgIpc) is 3.29. The van der Waals surface area contributed by atoms with Crippen molar-refractivity contribution in [2.24, 2.45) is 11.8 Å². The standard InChI is InChI=1S/C58H114O8/c1-9-13-15-17-19-21-23-25-27-29-31-33-35-37-39-41-43-45-47-49-51-53(11-3)57(5,6)63-65-61-55(59)56(60)62-66-64-58(7,8)54(12-4)52-50-48-46-44-42-40-38-36-34-32-30-28-26-24-22-20-18-16-14-10-2/h53-54H,9-52H2,1-8H3. The fourth-order valence-corrected chi connectivity index (χ4v) is 9.85. The van der Waals surface area contributed by atoms with E-state index in [-0.39, 0.29) is 11.8 Å². The number of hydrogen-bond donors (Lipinski definition) is 0. The van der Waals surface area contributed by atoms with Gasteiger partial charge in [-0.15, -0.1) is 0 Å². The van der Waals surface area contributed by atoms with E-state index in [1.54, 1.807) is 0 Å². The molecule has 2 atom stereocenters. The molecular formula is C58H114O8. The van der Waals surface area contributed by atoms with Crippen molar-refractivity contribution in [3.05, 3.63) is 0 Å². The summed E-state index contributed by atoms with van der Waals surface area (Å²) in [5, 5.41) is 9.60. The minimum Gasteiger partial charge on any atom is -0.255 e. The SMILES string of the molecule is CCCCCCCCCCCCCCCCCCCCCCC(CC)C(C)(C)OOOC(=O)C(=O)OOOC(C)(C)C(CC)CCCCCCCCCCCCCCCCCCCCCC. The molecule has 0 aromatic heterocycles. The lowest BCUT2D eigenvalue weighted by Gasteiger charge is -2.31. The Morgan fingerprint density at radius 1 is 0.303 bits per heavy atom. The second-order valence-electron chi connectivity index (χ2n) is 21.5. The summed E-state index contributed by atoms with van der Waals surface area (Å²) in [5.74, 6) is -2.36. The van der Waals surface area contributed by atoms with Gasteiger partial charge in [-0.25, -0.2) is 9.59 Å². The third-order valence-corrected chi connectivity index (χ3v) is 14.6. The molecule has 0 spiro atoms. The first kappa shape index (κ1) is 64.8. The van der Waals surface area contributed by atoms with E-state index in [4.69, 9.17) is 19.9 Å². The first-order valence-electron chi connectivity index (χ1n) is 29.2. The maximum Gasteiger partial charge on any atom is 0.456 e. The number of rotatable bonds is 52. The summed E-state index contributed by atoms with van der Waals surface area (Å²) in [7, 11) is 0. The van der Waals surface area contributed by atoms with E-state index < -0.39 is 23.1 Å². The van der Waals surface area contributed by atoms with Crippen LogP contribution in [0.4, 0.5) is 0 Å². The van der Waals surface area contributed by atoms with Gasteiger partial charge in [-0.1, -0.05) is 297 Å². The van der Waals surface area contributed by atoms with Gasteiger partial charge in [-0.05, 0) is 62.4 Å². The second kappa shape index (κ2) is 47.5. The highest BCUT2D eigenvalue weighted by Crippen LogP contribution is 2.31. The van der Waals surface area contributed by atoms with E-state index in [0.29, 0.717) is 0 Å². The molecule has 0 aliphatic rings. The third kappa shape index (κ3) is 40.6. The molecule has 0 amide bonds. The van der Waals surface area contributed by atoms with Gasteiger partial charge in [-0.2, -0.15) is 9.78 Å². The summed E-state index contributed by atoms with van der Waals surface area (Å²) in [5.41, 5.74) is -1.42. The number of carbonyl (C=O) groups is 2. The Labute approximate surface area is 410 Å². The molecule has 0 fully saturated rings. The lowest BCUT2D eigenvalue weighted by Crippen LogP contribution is -2.36. The number of unbranched alkanes of at least 4 members (excludes halogenated alkanes) is 38. The predicted octanol–water partition coefficient (Wildman–Crippen LogP) is 19.8. The molecule has 2 unspecified atom stereocenters. The van der Waals surface area contributed by atoms with Crippen LogP contribution in [-0.2, 0) is 39.2 Å². The molecule has 394 valence electrons. The Morgan fingerprint density at radius 3 is 0.667 bits per heavy atom. The minimum absolute atomic E-state index is 0.202. The Balaban J connectivity index is 3.91. The van der Waals surface area contributed by atoms with Crippen molar-refractivity contribution in [3.8, 4) is 0 Å². The van der Waals surface area contributed by atoms with Crippen molar-refractivity contribution in [3.63, 3.8) is 0 Å². The molecule has 8 nitrogen and oxygen atoms in total. The van der Waals surface area contributed by atoms with E-state index >= 15 is 0 Å². The van der Waals surface area contributed by atoms with Crippen molar-refractivity contribution < 1.29 is 39.2 Å². The van der Waals surface area contributed by atoms with Crippen LogP contribution in [0.25, 0.3) is 0 Å². The normalized spacial score (nSPS) is 13.0. The summed E-state index contributed by atoms with van der Waals surface area (Å²) >= 11 is 0. The van der Waals surface area contributed by atoms with Crippen LogP contribution in [0.5, 0.6) is 0 Å². The summed E-state index contributed by atoms with van der Waals surface area (Å²) in [4.78, 5) is 44.7. The Kier molecular flexibility index (Phi) is 46.6. The van der Waals surface area contributed by atoms with Crippen molar-refractivity contribution >= 4 is 11.9 Å². The van der Waals surface area contributed by atoms with E-state index in [1.807, 2.05) is 27.7 Å². The summed E-state index contributed by atoms with van der Waals surface area (Å²) in [6, 6.07) is 0. The van der Waals surface area contributed by atoms with Gasteiger partial charge in [-0.3, -0.25) is 9.78 Å². The smallest absolute Gasteiger partial charge is 0.255 e. The summed E-state index contributed by atoms with van der Waals surface area (Å²) in [6.07, 6.45) is 58.5. The first-order chi connectivity index (χ1) is 32.1. The van der Waals surface area contributed by atoms with E-state index in [1.165, 1.54) is 244 Å². The predicted molar refractivity (Wildman–Crippen MR) is 278 cm³/mol. The van der Waals surface area contributed by atoms with E-state index in [0.717, 1.165) is 38.5 Å². The monoisotopic (exact) mass is 939 g/mol. The van der Waals surface area contributed by atoms with E-state index in [9.17, 15) is 9.59 Å². The molecule has 0 aromatic carbocycles. The third-order valence-electron chi connectivity index (χ3n) is 14.6.